The van der Waals surface area contributed by atoms with Crippen molar-refractivity contribution in [3.05, 3.63) is 45.4 Å². The Morgan fingerprint density at radius 1 is 1.30 bits per heavy atom. The van der Waals surface area contributed by atoms with E-state index in [0.717, 1.165) is 34.7 Å². The van der Waals surface area contributed by atoms with Crippen LogP contribution in [0.5, 0.6) is 5.75 Å². The first-order valence-corrected chi connectivity index (χ1v) is 7.68. The molecule has 20 heavy (non-hydrogen) atoms. The second-order valence-electron chi connectivity index (χ2n) is 5.32. The predicted octanol–water partition coefficient (Wildman–Crippen LogP) is 4.40. The Bertz CT molecular complexity index is 590. The Morgan fingerprint density at radius 3 is 2.60 bits per heavy atom. The van der Waals surface area contributed by atoms with E-state index < -0.39 is 0 Å². The van der Waals surface area contributed by atoms with Gasteiger partial charge in [0.25, 0.3) is 0 Å². The van der Waals surface area contributed by atoms with Crippen LogP contribution in [0.1, 0.15) is 42.4 Å². The van der Waals surface area contributed by atoms with Crippen LogP contribution in [0, 0.1) is 6.92 Å². The minimum Gasteiger partial charge on any atom is -0.496 e. The summed E-state index contributed by atoms with van der Waals surface area (Å²) in [6.07, 6.45) is 1.94. The highest BCUT2D eigenvalue weighted by molar-refractivity contribution is 9.10. The van der Waals surface area contributed by atoms with Gasteiger partial charge in [0.05, 0.1) is 7.11 Å². The van der Waals surface area contributed by atoms with Crippen LogP contribution < -0.4 is 4.74 Å². The Labute approximate surface area is 128 Å². The third kappa shape index (κ3) is 3.42. The van der Waals surface area contributed by atoms with Crippen LogP contribution in [0.4, 0.5) is 0 Å². The number of aryl methyl sites for hydroxylation is 3. The van der Waals surface area contributed by atoms with Gasteiger partial charge in [-0.15, -0.1) is 0 Å². The molecule has 0 radical (unpaired) electrons. The zero-order valence-electron chi connectivity index (χ0n) is 12.5. The van der Waals surface area contributed by atoms with E-state index >= 15 is 0 Å². The summed E-state index contributed by atoms with van der Waals surface area (Å²) >= 11 is 3.49. The van der Waals surface area contributed by atoms with Crippen LogP contribution in [0.25, 0.3) is 0 Å². The van der Waals surface area contributed by atoms with E-state index in [0.29, 0.717) is 5.92 Å². The fourth-order valence-corrected chi connectivity index (χ4v) is 2.90. The third-order valence-corrected chi connectivity index (χ3v) is 4.08. The van der Waals surface area contributed by atoms with Crippen LogP contribution in [0.2, 0.25) is 0 Å². The molecule has 0 amide bonds. The average molecular weight is 337 g/mol. The molecule has 2 aromatic rings. The summed E-state index contributed by atoms with van der Waals surface area (Å²) < 4.78 is 6.35. The Balaban J connectivity index is 2.14. The number of aromatic nitrogens is 2. The normalized spacial score (nSPS) is 11.1. The van der Waals surface area contributed by atoms with Gasteiger partial charge < -0.3 is 9.72 Å². The molecule has 0 atom stereocenters. The van der Waals surface area contributed by atoms with E-state index in [1.807, 2.05) is 6.92 Å². The minimum atomic E-state index is 0.464. The Morgan fingerprint density at radius 2 is 2.05 bits per heavy atom. The number of aromatic amines is 1. The number of halogens is 1. The highest BCUT2D eigenvalue weighted by Gasteiger charge is 2.10. The zero-order chi connectivity index (χ0) is 14.7. The fraction of sp³-hybridized carbons (Fsp3) is 0.438. The van der Waals surface area contributed by atoms with Gasteiger partial charge >= 0.3 is 0 Å². The second kappa shape index (κ2) is 6.44. The molecule has 0 spiro atoms. The quantitative estimate of drug-likeness (QED) is 0.878. The first-order valence-electron chi connectivity index (χ1n) is 6.89. The van der Waals surface area contributed by atoms with E-state index in [2.05, 4.69) is 57.9 Å². The van der Waals surface area contributed by atoms with Crippen molar-refractivity contribution >= 4 is 15.9 Å². The van der Waals surface area contributed by atoms with Crippen molar-refractivity contribution in [1.29, 1.82) is 0 Å². The van der Waals surface area contributed by atoms with Gasteiger partial charge in [-0.2, -0.15) is 0 Å². The molecule has 0 saturated heterocycles. The summed E-state index contributed by atoms with van der Waals surface area (Å²) in [5.74, 6) is 2.39. The fourth-order valence-electron chi connectivity index (χ4n) is 2.34. The summed E-state index contributed by atoms with van der Waals surface area (Å²) in [5, 5.41) is 0. The predicted molar refractivity (Wildman–Crippen MR) is 85.5 cm³/mol. The topological polar surface area (TPSA) is 37.9 Å². The number of nitrogens with zero attached hydrogens (tertiary/aromatic N) is 1. The molecule has 0 aliphatic heterocycles. The number of ether oxygens (including phenoxy) is 1. The largest absolute Gasteiger partial charge is 0.496 e. The molecule has 0 bridgehead atoms. The lowest BCUT2D eigenvalue weighted by molar-refractivity contribution is 0.407. The molecular formula is C16H21BrN2O. The number of H-pyrrole nitrogens is 1. The lowest BCUT2D eigenvalue weighted by Gasteiger charge is -2.13. The number of benzene rings is 1. The number of nitrogens with one attached hydrogen (secondary N) is 1. The molecule has 1 N–H and O–H groups in total. The highest BCUT2D eigenvalue weighted by atomic mass is 79.9. The van der Waals surface area contributed by atoms with Gasteiger partial charge in [0.15, 0.2) is 0 Å². The molecular weight excluding hydrogens is 316 g/mol. The maximum absolute atomic E-state index is 5.42. The molecule has 4 heteroatoms. The van der Waals surface area contributed by atoms with Crippen molar-refractivity contribution in [2.24, 2.45) is 0 Å². The summed E-state index contributed by atoms with van der Waals surface area (Å²) in [6, 6.07) is 6.46. The van der Waals surface area contributed by atoms with Gasteiger partial charge in [0, 0.05) is 5.69 Å². The van der Waals surface area contributed by atoms with Crippen LogP contribution in [0.15, 0.2) is 22.8 Å². The molecule has 0 saturated carbocycles. The van der Waals surface area contributed by atoms with Crippen molar-refractivity contribution in [2.45, 2.75) is 39.5 Å². The van der Waals surface area contributed by atoms with Gasteiger partial charge in [0.2, 0.25) is 0 Å². The van der Waals surface area contributed by atoms with E-state index in [-0.39, 0.29) is 0 Å². The molecule has 0 aliphatic rings. The SMILES string of the molecule is COc1ccc(CCc2[nH]c(C)nc2Br)cc1C(C)C. The summed E-state index contributed by atoms with van der Waals surface area (Å²) in [5.41, 5.74) is 3.75. The van der Waals surface area contributed by atoms with Gasteiger partial charge in [-0.1, -0.05) is 26.0 Å². The average Bonchev–Trinajstić information content (AvgIpc) is 2.74. The summed E-state index contributed by atoms with van der Waals surface area (Å²) in [4.78, 5) is 7.63. The van der Waals surface area contributed by atoms with Gasteiger partial charge in [-0.05, 0) is 58.8 Å². The van der Waals surface area contributed by atoms with Gasteiger partial charge in [-0.25, -0.2) is 4.98 Å². The molecule has 1 heterocycles. The minimum absolute atomic E-state index is 0.464. The lowest BCUT2D eigenvalue weighted by Crippen LogP contribution is -1.98. The van der Waals surface area contributed by atoms with Crippen LogP contribution in [-0.2, 0) is 12.8 Å². The molecule has 0 unspecified atom stereocenters. The van der Waals surface area contributed by atoms with Crippen molar-refractivity contribution in [3.8, 4) is 5.75 Å². The van der Waals surface area contributed by atoms with E-state index in [9.17, 15) is 0 Å². The molecule has 1 aromatic carbocycles. The van der Waals surface area contributed by atoms with E-state index in [4.69, 9.17) is 4.74 Å². The zero-order valence-corrected chi connectivity index (χ0v) is 14.0. The molecule has 0 fully saturated rings. The number of methoxy groups -OCH3 is 1. The lowest BCUT2D eigenvalue weighted by atomic mass is 9.97. The molecule has 3 nitrogen and oxygen atoms in total. The van der Waals surface area contributed by atoms with Crippen molar-refractivity contribution < 1.29 is 4.74 Å². The highest BCUT2D eigenvalue weighted by Crippen LogP contribution is 2.28. The third-order valence-electron chi connectivity index (χ3n) is 3.43. The standard InChI is InChI=1S/C16H21BrN2O/c1-10(2)13-9-12(6-8-15(13)20-4)5-7-14-16(17)19-11(3)18-14/h6,8-10H,5,7H2,1-4H3,(H,18,19). The molecule has 0 aliphatic carbocycles. The monoisotopic (exact) mass is 336 g/mol. The number of rotatable bonds is 5. The van der Waals surface area contributed by atoms with Crippen molar-refractivity contribution in [2.75, 3.05) is 7.11 Å². The number of hydrogen-bond donors (Lipinski definition) is 1. The van der Waals surface area contributed by atoms with Crippen LogP contribution in [0.3, 0.4) is 0 Å². The van der Waals surface area contributed by atoms with E-state index in [1.54, 1.807) is 7.11 Å². The maximum atomic E-state index is 5.42. The molecule has 2 rings (SSSR count). The maximum Gasteiger partial charge on any atom is 0.127 e. The van der Waals surface area contributed by atoms with Gasteiger partial charge in [-0.3, -0.25) is 0 Å². The van der Waals surface area contributed by atoms with Crippen LogP contribution in [-0.4, -0.2) is 17.1 Å². The molecule has 108 valence electrons. The Hall–Kier alpha value is -1.29. The summed E-state index contributed by atoms with van der Waals surface area (Å²) in [6.45, 7) is 6.35. The molecule has 1 aromatic heterocycles. The number of hydrogen-bond acceptors (Lipinski definition) is 2. The first-order chi connectivity index (χ1) is 9.51. The smallest absolute Gasteiger partial charge is 0.127 e. The number of imidazole rings is 1. The van der Waals surface area contributed by atoms with Crippen molar-refractivity contribution in [3.63, 3.8) is 0 Å². The van der Waals surface area contributed by atoms with Crippen molar-refractivity contribution in [1.82, 2.24) is 9.97 Å². The van der Waals surface area contributed by atoms with E-state index in [1.165, 1.54) is 11.1 Å². The summed E-state index contributed by atoms with van der Waals surface area (Å²) in [7, 11) is 1.73. The van der Waals surface area contributed by atoms with Crippen LogP contribution >= 0.6 is 15.9 Å². The van der Waals surface area contributed by atoms with Gasteiger partial charge in [0.1, 0.15) is 16.2 Å². The second-order valence-corrected chi connectivity index (χ2v) is 6.07. The first kappa shape index (κ1) is 15.1. The Kier molecular flexibility index (Phi) is 4.86.